The van der Waals surface area contributed by atoms with Gasteiger partial charge in [0, 0.05) is 12.1 Å². The summed E-state index contributed by atoms with van der Waals surface area (Å²) in [4.78, 5) is 23.2. The first kappa shape index (κ1) is 18.9. The van der Waals surface area contributed by atoms with E-state index in [-0.39, 0.29) is 6.42 Å². The smallest absolute Gasteiger partial charge is 0.311 e. The van der Waals surface area contributed by atoms with Crippen LogP contribution in [0.15, 0.2) is 48.5 Å². The molecule has 0 radical (unpaired) electrons. The van der Waals surface area contributed by atoms with E-state index in [0.29, 0.717) is 17.9 Å². The fourth-order valence-electron chi connectivity index (χ4n) is 3.28. The number of carbonyl (C=O) groups excluding carboxylic acids is 1. The number of hydrogen-bond acceptors (Lipinski definition) is 5. The summed E-state index contributed by atoms with van der Waals surface area (Å²) >= 11 is 0. The standard InChI is InChI=1S/C21H23NO5/c1-26-16-8-7-15(13-22-10-9-14-5-3-2-4-6-14)17(11-16)20-18(21(24)25)12-19(23)27-20/h2-8,11,18,20,22H,9-10,12-13H2,1H3,(H,24,25). The van der Waals surface area contributed by atoms with Crippen LogP contribution in [-0.2, 0) is 27.3 Å². The number of aliphatic carboxylic acids is 1. The molecule has 6 nitrogen and oxygen atoms in total. The molecule has 2 atom stereocenters. The Kier molecular flexibility index (Phi) is 6.08. The molecule has 2 aromatic carbocycles. The molecule has 2 N–H and O–H groups in total. The van der Waals surface area contributed by atoms with Crippen LogP contribution in [0.3, 0.4) is 0 Å². The molecule has 142 valence electrons. The van der Waals surface area contributed by atoms with Crippen molar-refractivity contribution in [3.63, 3.8) is 0 Å². The Labute approximate surface area is 158 Å². The number of carbonyl (C=O) groups is 2. The molecule has 6 heteroatoms. The summed E-state index contributed by atoms with van der Waals surface area (Å²) in [7, 11) is 1.55. The largest absolute Gasteiger partial charge is 0.497 e. The molecule has 0 spiro atoms. The summed E-state index contributed by atoms with van der Waals surface area (Å²) in [5, 5.41) is 12.8. The SMILES string of the molecule is COc1ccc(CNCCc2ccccc2)c(C2OC(=O)CC2C(=O)O)c1. The van der Waals surface area contributed by atoms with Gasteiger partial charge in [0.15, 0.2) is 0 Å². The van der Waals surface area contributed by atoms with Crippen LogP contribution in [0.5, 0.6) is 5.75 Å². The van der Waals surface area contributed by atoms with Crippen molar-refractivity contribution < 1.29 is 24.2 Å². The van der Waals surface area contributed by atoms with Crippen molar-refractivity contribution in [3.05, 3.63) is 65.2 Å². The minimum absolute atomic E-state index is 0.113. The Morgan fingerprint density at radius 3 is 2.74 bits per heavy atom. The highest BCUT2D eigenvalue weighted by Gasteiger charge is 2.41. The third-order valence-corrected chi connectivity index (χ3v) is 4.74. The van der Waals surface area contributed by atoms with E-state index in [2.05, 4.69) is 17.4 Å². The van der Waals surface area contributed by atoms with Crippen molar-refractivity contribution in [1.29, 1.82) is 0 Å². The molecule has 1 aliphatic heterocycles. The lowest BCUT2D eigenvalue weighted by molar-refractivity contribution is -0.144. The number of carboxylic acid groups (broad SMARTS) is 1. The molecule has 2 unspecified atom stereocenters. The van der Waals surface area contributed by atoms with Crippen LogP contribution < -0.4 is 10.1 Å². The fraction of sp³-hybridized carbons (Fsp3) is 0.333. The maximum atomic E-state index is 11.7. The summed E-state index contributed by atoms with van der Waals surface area (Å²) < 4.78 is 10.6. The van der Waals surface area contributed by atoms with E-state index in [9.17, 15) is 14.7 Å². The van der Waals surface area contributed by atoms with Gasteiger partial charge in [-0.25, -0.2) is 0 Å². The molecule has 0 aliphatic carbocycles. The van der Waals surface area contributed by atoms with Gasteiger partial charge in [-0.3, -0.25) is 9.59 Å². The highest BCUT2D eigenvalue weighted by molar-refractivity contribution is 5.83. The van der Waals surface area contributed by atoms with Gasteiger partial charge in [-0.1, -0.05) is 36.4 Å². The monoisotopic (exact) mass is 369 g/mol. The molecule has 2 aromatic rings. The minimum Gasteiger partial charge on any atom is -0.497 e. The van der Waals surface area contributed by atoms with E-state index >= 15 is 0 Å². The second kappa shape index (κ2) is 8.68. The molecule has 0 amide bonds. The number of methoxy groups -OCH3 is 1. The number of hydrogen-bond donors (Lipinski definition) is 2. The van der Waals surface area contributed by atoms with Crippen LogP contribution in [0.2, 0.25) is 0 Å². The number of benzene rings is 2. The van der Waals surface area contributed by atoms with E-state index in [1.807, 2.05) is 30.3 Å². The summed E-state index contributed by atoms with van der Waals surface area (Å²) in [6.45, 7) is 1.33. The van der Waals surface area contributed by atoms with Crippen molar-refractivity contribution in [2.45, 2.75) is 25.5 Å². The van der Waals surface area contributed by atoms with Gasteiger partial charge in [0.25, 0.3) is 0 Å². The van der Waals surface area contributed by atoms with Crippen molar-refractivity contribution in [2.75, 3.05) is 13.7 Å². The predicted molar refractivity (Wildman–Crippen MR) is 99.4 cm³/mol. The number of rotatable bonds is 8. The van der Waals surface area contributed by atoms with Crippen molar-refractivity contribution in [3.8, 4) is 5.75 Å². The lowest BCUT2D eigenvalue weighted by Crippen LogP contribution is -2.22. The predicted octanol–water partition coefficient (Wildman–Crippen LogP) is 2.72. The maximum Gasteiger partial charge on any atom is 0.311 e. The molecule has 0 aromatic heterocycles. The number of carboxylic acids is 1. The molecule has 1 heterocycles. The molecular weight excluding hydrogens is 346 g/mol. The summed E-state index contributed by atoms with van der Waals surface area (Å²) in [6, 6.07) is 15.6. The van der Waals surface area contributed by atoms with Gasteiger partial charge < -0.3 is 19.9 Å². The van der Waals surface area contributed by atoms with E-state index in [4.69, 9.17) is 9.47 Å². The van der Waals surface area contributed by atoms with E-state index < -0.39 is 24.0 Å². The molecule has 1 saturated heterocycles. The molecule has 0 saturated carbocycles. The highest BCUT2D eigenvalue weighted by Crippen LogP contribution is 2.38. The first-order valence-corrected chi connectivity index (χ1v) is 8.92. The zero-order valence-corrected chi connectivity index (χ0v) is 15.2. The van der Waals surface area contributed by atoms with Crippen LogP contribution in [0.25, 0.3) is 0 Å². The summed E-state index contributed by atoms with van der Waals surface area (Å²) in [5.41, 5.74) is 2.82. The van der Waals surface area contributed by atoms with Gasteiger partial charge in [-0.15, -0.1) is 0 Å². The Hall–Kier alpha value is -2.86. The van der Waals surface area contributed by atoms with Gasteiger partial charge >= 0.3 is 11.9 Å². The third kappa shape index (κ3) is 4.65. The zero-order valence-electron chi connectivity index (χ0n) is 15.2. The first-order chi connectivity index (χ1) is 13.1. The van der Waals surface area contributed by atoms with Gasteiger partial charge in [-0.2, -0.15) is 0 Å². The number of ether oxygens (including phenoxy) is 2. The Morgan fingerprint density at radius 2 is 2.04 bits per heavy atom. The van der Waals surface area contributed by atoms with Gasteiger partial charge in [0.05, 0.1) is 13.5 Å². The summed E-state index contributed by atoms with van der Waals surface area (Å²) in [6.07, 6.45) is -0.0170. The fourth-order valence-corrected chi connectivity index (χ4v) is 3.28. The van der Waals surface area contributed by atoms with E-state index in [1.165, 1.54) is 5.56 Å². The normalized spacial score (nSPS) is 18.9. The number of nitrogens with one attached hydrogen (secondary N) is 1. The Balaban J connectivity index is 1.73. The molecule has 1 fully saturated rings. The van der Waals surface area contributed by atoms with Crippen molar-refractivity contribution >= 4 is 11.9 Å². The molecule has 3 rings (SSSR count). The van der Waals surface area contributed by atoms with Gasteiger partial charge in [0.1, 0.15) is 17.8 Å². The van der Waals surface area contributed by atoms with Crippen molar-refractivity contribution in [1.82, 2.24) is 5.32 Å². The quantitative estimate of drug-likeness (QED) is 0.550. The second-order valence-electron chi connectivity index (χ2n) is 6.54. The van der Waals surface area contributed by atoms with Crippen LogP contribution in [0, 0.1) is 5.92 Å². The number of cyclic esters (lactones) is 1. The molecule has 1 aliphatic rings. The molecular formula is C21H23NO5. The lowest BCUT2D eigenvalue weighted by Gasteiger charge is -2.19. The topological polar surface area (TPSA) is 84.9 Å². The minimum atomic E-state index is -1.03. The van der Waals surface area contributed by atoms with E-state index in [1.54, 1.807) is 13.2 Å². The average Bonchev–Trinajstić information content (AvgIpc) is 3.08. The third-order valence-electron chi connectivity index (χ3n) is 4.74. The van der Waals surface area contributed by atoms with Gasteiger partial charge in [-0.05, 0) is 36.2 Å². The lowest BCUT2D eigenvalue weighted by atomic mass is 9.91. The zero-order chi connectivity index (χ0) is 19.2. The van der Waals surface area contributed by atoms with Gasteiger partial charge in [0.2, 0.25) is 0 Å². The number of esters is 1. The first-order valence-electron chi connectivity index (χ1n) is 8.92. The van der Waals surface area contributed by atoms with Crippen LogP contribution in [-0.4, -0.2) is 30.7 Å². The molecule has 0 bridgehead atoms. The summed E-state index contributed by atoms with van der Waals surface area (Å²) in [5.74, 6) is -1.80. The van der Waals surface area contributed by atoms with Crippen molar-refractivity contribution in [2.24, 2.45) is 5.92 Å². The Morgan fingerprint density at radius 1 is 1.26 bits per heavy atom. The maximum absolute atomic E-state index is 11.7. The average molecular weight is 369 g/mol. The second-order valence-corrected chi connectivity index (χ2v) is 6.54. The van der Waals surface area contributed by atoms with Crippen LogP contribution >= 0.6 is 0 Å². The highest BCUT2D eigenvalue weighted by atomic mass is 16.6. The van der Waals surface area contributed by atoms with Crippen LogP contribution in [0.4, 0.5) is 0 Å². The van der Waals surface area contributed by atoms with E-state index in [0.717, 1.165) is 18.5 Å². The molecule has 27 heavy (non-hydrogen) atoms. The van der Waals surface area contributed by atoms with Crippen LogP contribution in [0.1, 0.15) is 29.2 Å². The Bertz CT molecular complexity index is 805.